The molecule has 0 bridgehead atoms. The molecule has 2 N–H and O–H groups in total. The van der Waals surface area contributed by atoms with Crippen molar-refractivity contribution in [3.63, 3.8) is 0 Å². The fourth-order valence-electron chi connectivity index (χ4n) is 1.69. The van der Waals surface area contributed by atoms with Gasteiger partial charge in [0.15, 0.2) is 5.13 Å². The number of carbonyl (C=O) groups excluding carboxylic acids is 1. The molecular formula is C14H17N3OS. The van der Waals surface area contributed by atoms with Gasteiger partial charge in [-0.1, -0.05) is 12.1 Å². The van der Waals surface area contributed by atoms with E-state index in [2.05, 4.69) is 15.6 Å². The van der Waals surface area contributed by atoms with Gasteiger partial charge in [-0.2, -0.15) is 0 Å². The van der Waals surface area contributed by atoms with Crippen molar-refractivity contribution >= 4 is 28.1 Å². The van der Waals surface area contributed by atoms with Gasteiger partial charge in [-0.15, -0.1) is 11.3 Å². The predicted molar refractivity (Wildman–Crippen MR) is 80.0 cm³/mol. The highest BCUT2D eigenvalue weighted by atomic mass is 32.1. The highest BCUT2D eigenvalue weighted by molar-refractivity contribution is 7.13. The first-order valence-corrected chi connectivity index (χ1v) is 7.03. The van der Waals surface area contributed by atoms with E-state index in [0.717, 1.165) is 11.4 Å². The van der Waals surface area contributed by atoms with Gasteiger partial charge in [-0.05, 0) is 32.9 Å². The largest absolute Gasteiger partial charge is 0.382 e. The number of nitrogens with zero attached hydrogens (tertiary/aromatic N) is 1. The van der Waals surface area contributed by atoms with Crippen molar-refractivity contribution in [1.82, 2.24) is 4.98 Å². The lowest BCUT2D eigenvalue weighted by Crippen LogP contribution is -2.17. The number of carbonyl (C=O) groups is 1. The van der Waals surface area contributed by atoms with Crippen molar-refractivity contribution in [3.8, 4) is 0 Å². The van der Waals surface area contributed by atoms with Crippen molar-refractivity contribution in [3.05, 3.63) is 40.9 Å². The van der Waals surface area contributed by atoms with E-state index in [1.54, 1.807) is 6.07 Å². The van der Waals surface area contributed by atoms with E-state index in [1.807, 2.05) is 44.4 Å². The molecule has 1 heterocycles. The Morgan fingerprint density at radius 2 is 2.05 bits per heavy atom. The van der Waals surface area contributed by atoms with Crippen LogP contribution in [0.15, 0.2) is 29.6 Å². The third kappa shape index (κ3) is 3.54. The number of anilines is 2. The highest BCUT2D eigenvalue weighted by Crippen LogP contribution is 2.20. The van der Waals surface area contributed by atoms with Gasteiger partial charge in [0, 0.05) is 17.1 Å². The fraction of sp³-hybridized carbons (Fsp3) is 0.286. The zero-order valence-electron chi connectivity index (χ0n) is 11.2. The second kappa shape index (κ2) is 5.84. The summed E-state index contributed by atoms with van der Waals surface area (Å²) in [5, 5.41) is 8.63. The van der Waals surface area contributed by atoms with Crippen LogP contribution in [0.3, 0.4) is 0 Å². The lowest BCUT2D eigenvalue weighted by atomic mass is 10.1. The van der Waals surface area contributed by atoms with Crippen LogP contribution in [0.2, 0.25) is 0 Å². The number of nitrogens with one attached hydrogen (secondary N) is 2. The van der Waals surface area contributed by atoms with Gasteiger partial charge in [-0.3, -0.25) is 10.1 Å². The monoisotopic (exact) mass is 275 g/mol. The molecule has 2 aromatic rings. The van der Waals surface area contributed by atoms with E-state index in [1.165, 1.54) is 11.3 Å². The molecule has 19 heavy (non-hydrogen) atoms. The van der Waals surface area contributed by atoms with E-state index < -0.39 is 0 Å². The van der Waals surface area contributed by atoms with E-state index in [4.69, 9.17) is 0 Å². The molecule has 1 aromatic carbocycles. The third-order valence-corrected chi connectivity index (χ3v) is 3.33. The maximum atomic E-state index is 12.2. The molecule has 5 heteroatoms. The minimum atomic E-state index is -0.141. The molecule has 2 rings (SSSR count). The lowest BCUT2D eigenvalue weighted by Gasteiger charge is -2.13. The average Bonchev–Trinajstić information content (AvgIpc) is 2.74. The number of aryl methyl sites for hydroxylation is 1. The van der Waals surface area contributed by atoms with Gasteiger partial charge in [0.2, 0.25) is 0 Å². The summed E-state index contributed by atoms with van der Waals surface area (Å²) in [6.45, 7) is 5.98. The van der Waals surface area contributed by atoms with E-state index >= 15 is 0 Å². The molecule has 1 amide bonds. The van der Waals surface area contributed by atoms with Crippen molar-refractivity contribution < 1.29 is 4.79 Å². The topological polar surface area (TPSA) is 54.0 Å². The Morgan fingerprint density at radius 3 is 2.68 bits per heavy atom. The van der Waals surface area contributed by atoms with Gasteiger partial charge < -0.3 is 5.32 Å². The van der Waals surface area contributed by atoms with Crippen LogP contribution in [0.1, 0.15) is 29.9 Å². The molecule has 0 radical (unpaired) electrons. The number of rotatable bonds is 4. The number of para-hydroxylation sites is 1. The lowest BCUT2D eigenvalue weighted by molar-refractivity contribution is 0.102. The van der Waals surface area contributed by atoms with Gasteiger partial charge in [-0.25, -0.2) is 4.98 Å². The van der Waals surface area contributed by atoms with Crippen molar-refractivity contribution in [2.75, 3.05) is 10.6 Å². The molecule has 0 fully saturated rings. The number of hydrogen-bond donors (Lipinski definition) is 2. The molecular weight excluding hydrogens is 258 g/mol. The zero-order valence-corrected chi connectivity index (χ0v) is 12.0. The Bertz CT molecular complexity index is 578. The zero-order chi connectivity index (χ0) is 13.8. The molecule has 0 aliphatic carbocycles. The van der Waals surface area contributed by atoms with Crippen LogP contribution in [0.5, 0.6) is 0 Å². The van der Waals surface area contributed by atoms with Crippen LogP contribution < -0.4 is 10.6 Å². The molecule has 0 atom stereocenters. The summed E-state index contributed by atoms with van der Waals surface area (Å²) in [4.78, 5) is 16.5. The summed E-state index contributed by atoms with van der Waals surface area (Å²) in [5.74, 6) is -0.141. The van der Waals surface area contributed by atoms with Crippen molar-refractivity contribution in [1.29, 1.82) is 0 Å². The Morgan fingerprint density at radius 1 is 1.32 bits per heavy atom. The fourth-order valence-corrected chi connectivity index (χ4v) is 2.38. The first kappa shape index (κ1) is 13.5. The summed E-state index contributed by atoms with van der Waals surface area (Å²) >= 11 is 1.43. The molecule has 4 nitrogen and oxygen atoms in total. The molecule has 0 saturated carbocycles. The number of hydrogen-bond acceptors (Lipinski definition) is 4. The van der Waals surface area contributed by atoms with Crippen molar-refractivity contribution in [2.24, 2.45) is 0 Å². The first-order chi connectivity index (χ1) is 9.06. The minimum Gasteiger partial charge on any atom is -0.382 e. The van der Waals surface area contributed by atoms with Gasteiger partial charge in [0.1, 0.15) is 0 Å². The summed E-state index contributed by atoms with van der Waals surface area (Å²) in [6, 6.07) is 7.75. The van der Waals surface area contributed by atoms with Crippen LogP contribution in [0, 0.1) is 6.92 Å². The standard InChI is InChI=1S/C14H17N3OS/c1-9(2)15-12-7-5-4-6-11(12)13(18)17-14-16-10(3)8-19-14/h4-9,15H,1-3H3,(H,16,17,18). The van der Waals surface area contributed by atoms with Crippen molar-refractivity contribution in [2.45, 2.75) is 26.8 Å². The molecule has 0 spiro atoms. The van der Waals surface area contributed by atoms with Crippen LogP contribution in [0.25, 0.3) is 0 Å². The van der Waals surface area contributed by atoms with Crippen LogP contribution >= 0.6 is 11.3 Å². The SMILES string of the molecule is Cc1csc(NC(=O)c2ccccc2NC(C)C)n1. The Kier molecular flexibility index (Phi) is 4.16. The Hall–Kier alpha value is -1.88. The number of benzene rings is 1. The molecule has 0 aliphatic heterocycles. The molecule has 100 valence electrons. The number of amides is 1. The second-order valence-electron chi connectivity index (χ2n) is 4.59. The normalized spacial score (nSPS) is 10.5. The summed E-state index contributed by atoms with van der Waals surface area (Å²) in [6.07, 6.45) is 0. The summed E-state index contributed by atoms with van der Waals surface area (Å²) < 4.78 is 0. The second-order valence-corrected chi connectivity index (χ2v) is 5.45. The number of aromatic nitrogens is 1. The van der Waals surface area contributed by atoms with E-state index in [0.29, 0.717) is 10.7 Å². The Labute approximate surface area is 116 Å². The maximum absolute atomic E-state index is 12.2. The molecule has 0 aliphatic rings. The third-order valence-electron chi connectivity index (χ3n) is 2.46. The smallest absolute Gasteiger partial charge is 0.259 e. The molecule has 0 saturated heterocycles. The van der Waals surface area contributed by atoms with Gasteiger partial charge in [0.05, 0.1) is 11.3 Å². The predicted octanol–water partition coefficient (Wildman–Crippen LogP) is 3.52. The average molecular weight is 275 g/mol. The van der Waals surface area contributed by atoms with E-state index in [9.17, 15) is 4.79 Å². The van der Waals surface area contributed by atoms with Crippen LogP contribution in [0.4, 0.5) is 10.8 Å². The molecule has 1 aromatic heterocycles. The van der Waals surface area contributed by atoms with Gasteiger partial charge in [0.25, 0.3) is 5.91 Å². The van der Waals surface area contributed by atoms with E-state index in [-0.39, 0.29) is 11.9 Å². The summed E-state index contributed by atoms with van der Waals surface area (Å²) in [5.41, 5.74) is 2.38. The maximum Gasteiger partial charge on any atom is 0.259 e. The van der Waals surface area contributed by atoms with Crippen LogP contribution in [-0.2, 0) is 0 Å². The Balaban J connectivity index is 2.18. The molecule has 0 unspecified atom stereocenters. The highest BCUT2D eigenvalue weighted by Gasteiger charge is 2.12. The minimum absolute atomic E-state index is 0.141. The van der Waals surface area contributed by atoms with Crippen LogP contribution in [-0.4, -0.2) is 16.9 Å². The summed E-state index contributed by atoms with van der Waals surface area (Å²) in [7, 11) is 0. The van der Waals surface area contributed by atoms with Gasteiger partial charge >= 0.3 is 0 Å². The quantitative estimate of drug-likeness (QED) is 0.897. The first-order valence-electron chi connectivity index (χ1n) is 6.15. The number of thiazole rings is 1.